The number of unbranched alkanes of at least 4 members (excludes halogenated alkanes) is 14. The van der Waals surface area contributed by atoms with E-state index in [1.54, 1.807) is 0 Å². The average Bonchev–Trinajstić information content (AvgIpc) is 2.65. The van der Waals surface area contributed by atoms with Crippen molar-refractivity contribution in [3.8, 4) is 0 Å². The topological polar surface area (TPSA) is 170 Å². The fourth-order valence-electron chi connectivity index (χ4n) is 2.67. The van der Waals surface area contributed by atoms with Crippen LogP contribution in [0.2, 0.25) is 0 Å². The van der Waals surface area contributed by atoms with Crippen molar-refractivity contribution < 1.29 is 53.6 Å². The van der Waals surface area contributed by atoms with Gasteiger partial charge in [-0.05, 0) is 25.9 Å². The molecule has 0 atom stereocenters. The summed E-state index contributed by atoms with van der Waals surface area (Å²) >= 11 is -11.5. The third-order valence-electron chi connectivity index (χ3n) is 4.29. The van der Waals surface area contributed by atoms with E-state index in [2.05, 4.69) is 16.7 Å². The Hall–Kier alpha value is 0.0649. The van der Waals surface area contributed by atoms with Crippen LogP contribution in [0, 0.1) is 0 Å². The van der Waals surface area contributed by atoms with E-state index in [-0.39, 0.29) is 0 Å². The molecule has 192 valence electrons. The summed E-state index contributed by atoms with van der Waals surface area (Å²) in [4.78, 5) is 0. The number of rotatable bonds is 18. The Kier molecular flexibility index (Phi) is 30.3. The maximum atomic E-state index is 9.53. The molecule has 0 aromatic heterocycles. The second-order valence-corrected chi connectivity index (χ2v) is 11.2. The summed E-state index contributed by atoms with van der Waals surface area (Å²) in [5.74, 6) is 0. The molecule has 0 rings (SSSR count). The van der Waals surface area contributed by atoms with Crippen molar-refractivity contribution in [3.63, 3.8) is 0 Å². The van der Waals surface area contributed by atoms with Crippen molar-refractivity contribution in [2.45, 2.75) is 117 Å². The summed E-state index contributed by atoms with van der Waals surface area (Å²) in [7, 11) is 0. The first-order chi connectivity index (χ1) is 14.5. The van der Waals surface area contributed by atoms with Gasteiger partial charge >= 0.3 is 53.6 Å². The quantitative estimate of drug-likeness (QED) is 0.185. The minimum absolute atomic E-state index is 0.870. The Morgan fingerprint density at radius 2 is 0.742 bits per heavy atom. The molecule has 0 amide bonds. The number of nitrogens with two attached hydrogens (primary N) is 2. The molecule has 0 aliphatic carbocycles. The van der Waals surface area contributed by atoms with Crippen LogP contribution in [0.15, 0.2) is 0 Å². The van der Waals surface area contributed by atoms with Gasteiger partial charge in [-0.2, -0.15) is 0 Å². The van der Waals surface area contributed by atoms with Gasteiger partial charge in [0, 0.05) is 0 Å². The molecule has 0 bridgehead atoms. The number of hydrogen-bond donors (Lipinski definition) is 4. The van der Waals surface area contributed by atoms with Gasteiger partial charge in [0.05, 0.1) is 0 Å². The summed E-state index contributed by atoms with van der Waals surface area (Å²) in [5.41, 5.74) is 10.8. The SMILES string of the molecule is CCCCCCCCCCN.CCCCCCCCCCN.[O]=[Cr](=[O])([OH])[O][Cr](=[O])(=[O])[OH]. The van der Waals surface area contributed by atoms with Gasteiger partial charge in [-0.1, -0.05) is 104 Å². The van der Waals surface area contributed by atoms with Gasteiger partial charge in [0.25, 0.3) is 0 Å². The minimum atomic E-state index is -5.76. The van der Waals surface area contributed by atoms with Crippen molar-refractivity contribution in [3.05, 3.63) is 0 Å². The molecule has 0 radical (unpaired) electrons. The van der Waals surface area contributed by atoms with Crippen molar-refractivity contribution in [1.29, 1.82) is 0 Å². The Balaban J connectivity index is -0.000000382. The van der Waals surface area contributed by atoms with E-state index in [0.29, 0.717) is 0 Å². The molecule has 0 spiro atoms. The zero-order valence-corrected chi connectivity index (χ0v) is 22.2. The van der Waals surface area contributed by atoms with Crippen LogP contribution in [-0.4, -0.2) is 21.4 Å². The van der Waals surface area contributed by atoms with Crippen molar-refractivity contribution in [1.82, 2.24) is 0 Å². The Morgan fingerprint density at radius 3 is 0.903 bits per heavy atom. The zero-order chi connectivity index (χ0) is 24.4. The third kappa shape index (κ3) is 48.6. The first kappa shape index (κ1) is 35.7. The zero-order valence-electron chi connectivity index (χ0n) is 19.6. The summed E-state index contributed by atoms with van der Waals surface area (Å²) < 4.78 is 56.3. The van der Waals surface area contributed by atoms with Crippen LogP contribution in [0.1, 0.15) is 117 Å². The second kappa shape index (κ2) is 26.3. The van der Waals surface area contributed by atoms with E-state index in [9.17, 15) is 15.2 Å². The molecule has 0 saturated heterocycles. The monoisotopic (exact) mass is 532 g/mol. The molecule has 0 aliphatic heterocycles. The standard InChI is InChI=1S/2C10H23N.2Cr.2H2O.5O/c2*1-2-3-4-5-6-7-8-9-10-11;;;;;;;;;/h2*2-11H2,1H3;;;2*1H2;;;;;/q;;2*+1;;;;;;;/p-2. The van der Waals surface area contributed by atoms with Gasteiger partial charge in [-0.15, -0.1) is 0 Å². The van der Waals surface area contributed by atoms with Crippen LogP contribution >= 0.6 is 0 Å². The van der Waals surface area contributed by atoms with E-state index in [0.717, 1.165) is 13.1 Å². The van der Waals surface area contributed by atoms with Gasteiger partial charge in [-0.25, -0.2) is 0 Å². The van der Waals surface area contributed by atoms with Crippen molar-refractivity contribution in [2.75, 3.05) is 13.1 Å². The van der Waals surface area contributed by atoms with Crippen LogP contribution < -0.4 is 11.5 Å². The summed E-state index contributed by atoms with van der Waals surface area (Å²) in [5, 5.41) is 0. The molecule has 9 nitrogen and oxygen atoms in total. The molecule has 0 unspecified atom stereocenters. The Labute approximate surface area is 194 Å². The molecule has 0 heterocycles. The molecular formula is C20H48Cr2N2O7. The molecule has 0 saturated carbocycles. The summed E-state index contributed by atoms with van der Waals surface area (Å²) in [6.07, 6.45) is 22.0. The predicted molar refractivity (Wildman–Crippen MR) is 112 cm³/mol. The summed E-state index contributed by atoms with van der Waals surface area (Å²) in [6, 6.07) is 0. The van der Waals surface area contributed by atoms with Crippen LogP contribution in [0.5, 0.6) is 0 Å². The van der Waals surface area contributed by atoms with Gasteiger partial charge in [-0.3, -0.25) is 0 Å². The third-order valence-corrected chi connectivity index (χ3v) is 7.04. The first-order valence-corrected chi connectivity index (χ1v) is 15.9. The first-order valence-electron chi connectivity index (χ1n) is 11.6. The molecule has 0 aliphatic rings. The van der Waals surface area contributed by atoms with Crippen LogP contribution in [-0.2, 0) is 45.3 Å². The maximum absolute atomic E-state index is 9.53. The van der Waals surface area contributed by atoms with Gasteiger partial charge in [0.2, 0.25) is 0 Å². The normalized spacial score (nSPS) is 11.3. The Morgan fingerprint density at radius 1 is 0.516 bits per heavy atom. The van der Waals surface area contributed by atoms with Crippen LogP contribution in [0.3, 0.4) is 0 Å². The second-order valence-electron chi connectivity index (χ2n) is 7.45. The van der Waals surface area contributed by atoms with Gasteiger partial charge in [0.15, 0.2) is 0 Å². The average molecular weight is 533 g/mol. The Bertz CT molecular complexity index is 478. The van der Waals surface area contributed by atoms with Crippen molar-refractivity contribution >= 4 is 0 Å². The van der Waals surface area contributed by atoms with E-state index in [1.165, 1.54) is 103 Å². The fraction of sp³-hybridized carbons (Fsp3) is 1.00. The number of hydrogen-bond acceptors (Lipinski definition) is 7. The molecule has 0 aromatic rings. The van der Waals surface area contributed by atoms with E-state index in [1.807, 2.05) is 0 Å². The molecule has 11 heteroatoms. The summed E-state index contributed by atoms with van der Waals surface area (Å²) in [6.45, 7) is 6.26. The van der Waals surface area contributed by atoms with Gasteiger partial charge in [0.1, 0.15) is 0 Å². The van der Waals surface area contributed by atoms with Gasteiger partial charge < -0.3 is 11.5 Å². The van der Waals surface area contributed by atoms with Crippen molar-refractivity contribution in [2.24, 2.45) is 11.5 Å². The molecule has 0 aromatic carbocycles. The molecule has 6 N–H and O–H groups in total. The molecular weight excluding hydrogens is 484 g/mol. The van der Waals surface area contributed by atoms with E-state index in [4.69, 9.17) is 19.8 Å². The molecule has 0 fully saturated rings. The molecule has 31 heavy (non-hydrogen) atoms. The fourth-order valence-corrected chi connectivity index (χ4v) is 4.40. The van der Waals surface area contributed by atoms with Crippen LogP contribution in [0.4, 0.5) is 0 Å². The van der Waals surface area contributed by atoms with Crippen LogP contribution in [0.25, 0.3) is 0 Å². The predicted octanol–water partition coefficient (Wildman–Crippen LogP) is 4.51. The van der Waals surface area contributed by atoms with E-state index < -0.39 is 27.2 Å². The van der Waals surface area contributed by atoms with E-state index >= 15 is 0 Å².